The van der Waals surface area contributed by atoms with Crippen LogP contribution in [0, 0.1) is 0 Å². The van der Waals surface area contributed by atoms with Gasteiger partial charge in [0, 0.05) is 13.2 Å². The van der Waals surface area contributed by atoms with Crippen LogP contribution < -0.4 is 0 Å². The van der Waals surface area contributed by atoms with Gasteiger partial charge in [-0.2, -0.15) is 0 Å². The first-order chi connectivity index (χ1) is 8.06. The molecule has 0 fully saturated rings. The van der Waals surface area contributed by atoms with Gasteiger partial charge in [-0.1, -0.05) is 0 Å². The van der Waals surface area contributed by atoms with Gasteiger partial charge in [-0.25, -0.2) is 0 Å². The minimum absolute atomic E-state index is 0.0699. The summed E-state index contributed by atoms with van der Waals surface area (Å²) in [6.07, 6.45) is 0. The van der Waals surface area contributed by atoms with Crippen LogP contribution in [0.2, 0.25) is 5.54 Å². The summed E-state index contributed by atoms with van der Waals surface area (Å²) in [6.45, 7) is 7.98. The Labute approximate surface area is 105 Å². The van der Waals surface area contributed by atoms with Gasteiger partial charge in [0.05, 0.1) is 6.61 Å². The van der Waals surface area contributed by atoms with Crippen LogP contribution in [-0.2, 0) is 23.8 Å². The fraction of sp³-hybridized carbons (Fsp3) is 0.818. The van der Waals surface area contributed by atoms with Crippen molar-refractivity contribution in [2.75, 3.05) is 19.8 Å². The van der Waals surface area contributed by atoms with Crippen molar-refractivity contribution in [1.82, 2.24) is 0 Å². The maximum Gasteiger partial charge on any atom is 0.313 e. The molecule has 0 spiro atoms. The van der Waals surface area contributed by atoms with E-state index in [9.17, 15) is 9.59 Å². The molecule has 0 aromatic rings. The fourth-order valence-corrected chi connectivity index (χ4v) is 2.41. The molecule has 0 amide bonds. The summed E-state index contributed by atoms with van der Waals surface area (Å²) in [5, 5.41) is 0. The number of esters is 1. The number of Topliss-reactive ketones (excluding diaryl/α,β-unsaturated/α-hetero) is 1. The van der Waals surface area contributed by atoms with Crippen molar-refractivity contribution in [2.24, 2.45) is 0 Å². The highest BCUT2D eigenvalue weighted by atomic mass is 28.2. The third-order valence-corrected chi connectivity index (χ3v) is 3.45. The van der Waals surface area contributed by atoms with Crippen molar-refractivity contribution in [2.45, 2.75) is 39.1 Å². The summed E-state index contributed by atoms with van der Waals surface area (Å²) < 4.78 is 15.5. The molecule has 0 saturated heterocycles. The lowest BCUT2D eigenvalue weighted by Crippen LogP contribution is -2.35. The average Bonchev–Trinajstić information content (AvgIpc) is 2.26. The van der Waals surface area contributed by atoms with E-state index >= 15 is 0 Å². The summed E-state index contributed by atoms with van der Waals surface area (Å²) in [5.74, 6) is -1.22. The van der Waals surface area contributed by atoms with Crippen molar-refractivity contribution in [3.05, 3.63) is 0 Å². The van der Waals surface area contributed by atoms with E-state index in [0.717, 1.165) is 0 Å². The van der Waals surface area contributed by atoms with Crippen LogP contribution in [0.3, 0.4) is 0 Å². The van der Waals surface area contributed by atoms with Gasteiger partial charge in [0.2, 0.25) is 0 Å². The van der Waals surface area contributed by atoms with Crippen LogP contribution in [0.1, 0.15) is 27.7 Å². The normalized spacial score (nSPS) is 12.5. The largest absolute Gasteiger partial charge is 0.466 e. The van der Waals surface area contributed by atoms with Gasteiger partial charge in [-0.3, -0.25) is 9.59 Å². The molecule has 5 nitrogen and oxygen atoms in total. The number of ketones is 1. The van der Waals surface area contributed by atoms with Gasteiger partial charge in [0.1, 0.15) is 26.8 Å². The minimum atomic E-state index is -0.780. The molecule has 0 aromatic heterocycles. The molecule has 0 aromatic carbocycles. The summed E-state index contributed by atoms with van der Waals surface area (Å²) in [5.41, 5.74) is -0.780. The molecule has 0 rings (SSSR count). The molecule has 1 atom stereocenters. The Balaban J connectivity index is 4.48. The molecule has 0 heterocycles. The number of rotatable bonds is 9. The fourth-order valence-electron chi connectivity index (χ4n) is 1.16. The lowest BCUT2D eigenvalue weighted by Gasteiger charge is -2.19. The van der Waals surface area contributed by atoms with E-state index in [2.05, 4.69) is 0 Å². The molecule has 98 valence electrons. The van der Waals surface area contributed by atoms with Gasteiger partial charge >= 0.3 is 5.97 Å². The highest BCUT2D eigenvalue weighted by molar-refractivity contribution is 6.51. The molecule has 6 heteroatoms. The van der Waals surface area contributed by atoms with Gasteiger partial charge in [-0.15, -0.1) is 0 Å². The molecule has 1 unspecified atom stereocenters. The van der Waals surface area contributed by atoms with Gasteiger partial charge in [-0.05, 0) is 27.7 Å². The Morgan fingerprint density at radius 2 is 1.59 bits per heavy atom. The molecular weight excluding hydrogens is 240 g/mol. The Bertz CT molecular complexity index is 238. The third kappa shape index (κ3) is 6.55. The van der Waals surface area contributed by atoms with Crippen LogP contribution in [-0.4, -0.2) is 47.0 Å². The molecule has 0 N–H and O–H groups in total. The van der Waals surface area contributed by atoms with Gasteiger partial charge in [0.15, 0.2) is 0 Å². The van der Waals surface area contributed by atoms with Gasteiger partial charge in [0.25, 0.3) is 0 Å². The van der Waals surface area contributed by atoms with Crippen molar-refractivity contribution in [1.29, 1.82) is 0 Å². The van der Waals surface area contributed by atoms with Crippen LogP contribution in [0.5, 0.6) is 0 Å². The highest BCUT2D eigenvalue weighted by Gasteiger charge is 2.30. The molecule has 2 radical (unpaired) electrons. The zero-order chi connectivity index (χ0) is 13.3. The second-order valence-electron chi connectivity index (χ2n) is 3.20. The monoisotopic (exact) mass is 260 g/mol. The molecular formula is C11H20O5Si. The molecule has 0 aliphatic rings. The number of hydrogen-bond donors (Lipinski definition) is 0. The number of carbonyl (C=O) groups is 2. The quantitative estimate of drug-likeness (QED) is 0.268. The van der Waals surface area contributed by atoms with E-state index in [0.29, 0.717) is 13.2 Å². The molecule has 17 heavy (non-hydrogen) atoms. The van der Waals surface area contributed by atoms with Crippen LogP contribution in [0.4, 0.5) is 0 Å². The Hall–Kier alpha value is -0.723. The first-order valence-corrected chi connectivity index (χ1v) is 6.88. The van der Waals surface area contributed by atoms with Crippen molar-refractivity contribution in [3.8, 4) is 0 Å². The number of carbonyl (C=O) groups excluding carboxylic acids is 2. The highest BCUT2D eigenvalue weighted by Crippen LogP contribution is 2.12. The van der Waals surface area contributed by atoms with Crippen LogP contribution >= 0.6 is 0 Å². The molecule has 0 saturated carbocycles. The zero-order valence-corrected chi connectivity index (χ0v) is 11.8. The summed E-state index contributed by atoms with van der Waals surface area (Å²) >= 11 is 0. The lowest BCUT2D eigenvalue weighted by atomic mass is 10.3. The van der Waals surface area contributed by atoms with Crippen molar-refractivity contribution >= 4 is 21.3 Å². The molecule has 0 aliphatic heterocycles. The van der Waals surface area contributed by atoms with E-state index < -0.39 is 17.4 Å². The first-order valence-electron chi connectivity index (χ1n) is 5.73. The van der Waals surface area contributed by atoms with Gasteiger partial charge < -0.3 is 14.2 Å². The Kier molecular flexibility index (Phi) is 8.93. The Morgan fingerprint density at radius 3 is 1.94 bits per heavy atom. The number of ether oxygens (including phenoxy) is 3. The maximum absolute atomic E-state index is 11.6. The Morgan fingerprint density at radius 1 is 1.06 bits per heavy atom. The number of hydrogen-bond acceptors (Lipinski definition) is 5. The predicted octanol–water partition coefficient (Wildman–Crippen LogP) is 0.988. The van der Waals surface area contributed by atoms with E-state index in [1.807, 2.05) is 13.8 Å². The van der Waals surface area contributed by atoms with E-state index in [4.69, 9.17) is 14.2 Å². The second-order valence-corrected chi connectivity index (χ2v) is 4.59. The van der Waals surface area contributed by atoms with E-state index in [1.165, 1.54) is 6.92 Å². The topological polar surface area (TPSA) is 61.8 Å². The smallest absolute Gasteiger partial charge is 0.313 e. The minimum Gasteiger partial charge on any atom is -0.466 e. The second kappa shape index (κ2) is 9.32. The van der Waals surface area contributed by atoms with Crippen LogP contribution in [0.25, 0.3) is 0 Å². The summed E-state index contributed by atoms with van der Waals surface area (Å²) in [4.78, 5) is 23.0. The predicted molar refractivity (Wildman–Crippen MR) is 63.9 cm³/mol. The van der Waals surface area contributed by atoms with Crippen LogP contribution in [0.15, 0.2) is 0 Å². The molecule has 0 aliphatic carbocycles. The standard InChI is InChI=1S/C11H20O5Si/c1-5-14-10(13)9(8(4)12)17-11(15-6-2)16-7-3/h9,11H,5-7H2,1-4H3. The SMILES string of the molecule is CCOC(=O)C([Si]C(OCC)OCC)C(C)=O. The third-order valence-electron chi connectivity index (χ3n) is 1.87. The lowest BCUT2D eigenvalue weighted by molar-refractivity contribution is -0.146. The van der Waals surface area contributed by atoms with Crippen molar-refractivity contribution in [3.63, 3.8) is 0 Å². The van der Waals surface area contributed by atoms with Crippen molar-refractivity contribution < 1.29 is 23.8 Å². The summed E-state index contributed by atoms with van der Waals surface area (Å²) in [6, 6.07) is 0. The maximum atomic E-state index is 11.6. The molecule has 0 bridgehead atoms. The zero-order valence-electron chi connectivity index (χ0n) is 10.8. The van der Waals surface area contributed by atoms with E-state index in [1.54, 1.807) is 6.92 Å². The summed E-state index contributed by atoms with van der Waals surface area (Å²) in [7, 11) is -0.0699. The average molecular weight is 260 g/mol. The first kappa shape index (κ1) is 16.3. The van der Waals surface area contributed by atoms with E-state index in [-0.39, 0.29) is 21.9 Å².